The lowest BCUT2D eigenvalue weighted by molar-refractivity contribution is 1.28. The van der Waals surface area contributed by atoms with Crippen LogP contribution in [-0.4, -0.2) is 0 Å². The van der Waals surface area contributed by atoms with Crippen LogP contribution < -0.4 is 4.90 Å². The first kappa shape index (κ1) is 32.4. The van der Waals surface area contributed by atoms with Gasteiger partial charge in [-0.3, -0.25) is 0 Å². The lowest BCUT2D eigenvalue weighted by Crippen LogP contribution is -2.11. The van der Waals surface area contributed by atoms with Gasteiger partial charge in [0.2, 0.25) is 0 Å². The van der Waals surface area contributed by atoms with E-state index in [2.05, 4.69) is 217 Å². The highest BCUT2D eigenvalue weighted by atomic mass is 32.1. The van der Waals surface area contributed by atoms with Crippen molar-refractivity contribution in [3.05, 3.63) is 212 Å². The molecule has 0 saturated carbocycles. The Hall–Kier alpha value is -7.00. The van der Waals surface area contributed by atoms with Crippen molar-refractivity contribution in [1.29, 1.82) is 0 Å². The fourth-order valence-electron chi connectivity index (χ4n) is 8.57. The topological polar surface area (TPSA) is 3.24 Å². The van der Waals surface area contributed by atoms with Crippen LogP contribution in [-0.2, 0) is 0 Å². The predicted molar refractivity (Wildman–Crippen MR) is 243 cm³/mol. The van der Waals surface area contributed by atoms with Crippen molar-refractivity contribution >= 4 is 80.9 Å². The maximum atomic E-state index is 2.40. The molecule has 0 fully saturated rings. The van der Waals surface area contributed by atoms with Crippen molar-refractivity contribution in [2.45, 2.75) is 0 Å². The SMILES string of the molecule is c1ccc(-c2ccccc2N(c2ccc(-c3ccc4ccc5sc6ccccc6c5c4c3)cc2)c2ccc(-c3cc4ccccc4c4ccccc34)cc2)cc1. The van der Waals surface area contributed by atoms with E-state index in [1.54, 1.807) is 0 Å². The zero-order valence-electron chi connectivity index (χ0n) is 30.6. The van der Waals surface area contributed by atoms with Crippen molar-refractivity contribution in [1.82, 2.24) is 0 Å². The fourth-order valence-corrected chi connectivity index (χ4v) is 9.69. The number of rotatable bonds is 6. The summed E-state index contributed by atoms with van der Waals surface area (Å²) in [5.74, 6) is 0. The van der Waals surface area contributed by atoms with Crippen LogP contribution >= 0.6 is 11.3 Å². The van der Waals surface area contributed by atoms with Gasteiger partial charge in [0, 0.05) is 37.1 Å². The molecule has 1 aromatic heterocycles. The monoisotopic (exact) mass is 729 g/mol. The lowest BCUT2D eigenvalue weighted by atomic mass is 9.93. The second-order valence-electron chi connectivity index (χ2n) is 14.5. The molecular formula is C54H35NS. The Morgan fingerprint density at radius 3 is 1.70 bits per heavy atom. The van der Waals surface area contributed by atoms with Gasteiger partial charge in [-0.05, 0) is 115 Å². The fraction of sp³-hybridized carbons (Fsp3) is 0. The first-order valence-corrected chi connectivity index (χ1v) is 20.0. The molecule has 0 saturated heterocycles. The van der Waals surface area contributed by atoms with Crippen LogP contribution in [0.2, 0.25) is 0 Å². The van der Waals surface area contributed by atoms with E-state index in [1.165, 1.54) is 85.9 Å². The van der Waals surface area contributed by atoms with Gasteiger partial charge >= 0.3 is 0 Å². The molecule has 0 radical (unpaired) electrons. The molecule has 10 aromatic carbocycles. The Morgan fingerprint density at radius 2 is 0.893 bits per heavy atom. The average Bonchev–Trinajstić information content (AvgIpc) is 3.67. The van der Waals surface area contributed by atoms with E-state index in [1.807, 2.05) is 11.3 Å². The molecule has 0 unspecified atom stereocenters. The Bertz CT molecular complexity index is 3230. The highest BCUT2D eigenvalue weighted by Gasteiger charge is 2.18. The Kier molecular flexibility index (Phi) is 7.75. The second-order valence-corrected chi connectivity index (χ2v) is 15.6. The molecule has 1 nitrogen and oxygen atoms in total. The molecule has 262 valence electrons. The van der Waals surface area contributed by atoms with Crippen LogP contribution in [0.4, 0.5) is 17.1 Å². The average molecular weight is 730 g/mol. The third-order valence-electron chi connectivity index (χ3n) is 11.3. The van der Waals surface area contributed by atoms with Crippen molar-refractivity contribution in [2.24, 2.45) is 0 Å². The molecule has 11 aromatic rings. The van der Waals surface area contributed by atoms with E-state index in [0.29, 0.717) is 0 Å². The molecule has 0 aliphatic carbocycles. The molecule has 0 atom stereocenters. The number of nitrogens with zero attached hydrogens (tertiary/aromatic N) is 1. The van der Waals surface area contributed by atoms with Gasteiger partial charge in [-0.1, -0.05) is 158 Å². The van der Waals surface area contributed by atoms with E-state index >= 15 is 0 Å². The summed E-state index contributed by atoms with van der Waals surface area (Å²) >= 11 is 1.87. The quantitative estimate of drug-likeness (QED) is 0.154. The van der Waals surface area contributed by atoms with E-state index in [4.69, 9.17) is 0 Å². The van der Waals surface area contributed by atoms with Gasteiger partial charge in [-0.25, -0.2) is 0 Å². The molecule has 2 heteroatoms. The largest absolute Gasteiger partial charge is 0.310 e. The molecule has 11 rings (SSSR count). The summed E-state index contributed by atoms with van der Waals surface area (Å²) in [6, 6.07) is 77.7. The molecule has 0 aliphatic rings. The summed E-state index contributed by atoms with van der Waals surface area (Å²) in [6.07, 6.45) is 0. The summed E-state index contributed by atoms with van der Waals surface area (Å²) < 4.78 is 2.66. The summed E-state index contributed by atoms with van der Waals surface area (Å²) in [7, 11) is 0. The number of benzene rings is 10. The third kappa shape index (κ3) is 5.46. The number of thiophene rings is 1. The molecule has 56 heavy (non-hydrogen) atoms. The molecule has 0 N–H and O–H groups in total. The minimum atomic E-state index is 1.10. The van der Waals surface area contributed by atoms with Crippen molar-refractivity contribution in [3.63, 3.8) is 0 Å². The minimum Gasteiger partial charge on any atom is -0.310 e. The molecule has 0 aliphatic heterocycles. The van der Waals surface area contributed by atoms with Crippen LogP contribution in [0.5, 0.6) is 0 Å². The van der Waals surface area contributed by atoms with Gasteiger partial charge in [0.15, 0.2) is 0 Å². The first-order chi connectivity index (χ1) is 27.8. The number of fused-ring (bicyclic) bond motifs is 8. The van der Waals surface area contributed by atoms with Crippen LogP contribution in [0.15, 0.2) is 212 Å². The Balaban J connectivity index is 1.03. The standard InChI is InChI=1S/C54H35NS/c1-2-12-37(13-3-1)45-16-8-10-20-51(45)55(43-31-26-38(27-32-43)49-35-41-14-4-5-15-44(41)46-17-6-7-18-47(46)49)42-29-24-36(25-30-42)40-23-22-39-28-33-53-54(50(39)34-40)48-19-9-11-21-52(48)56-53/h1-35H. The van der Waals surface area contributed by atoms with Gasteiger partial charge in [0.25, 0.3) is 0 Å². The van der Waals surface area contributed by atoms with Crippen molar-refractivity contribution in [3.8, 4) is 33.4 Å². The Labute approximate surface area is 330 Å². The van der Waals surface area contributed by atoms with Crippen LogP contribution in [0, 0.1) is 0 Å². The van der Waals surface area contributed by atoms with Crippen LogP contribution in [0.1, 0.15) is 0 Å². The lowest BCUT2D eigenvalue weighted by Gasteiger charge is -2.28. The minimum absolute atomic E-state index is 1.10. The molecular weight excluding hydrogens is 695 g/mol. The highest BCUT2D eigenvalue weighted by Crippen LogP contribution is 2.44. The summed E-state index contributed by atoms with van der Waals surface area (Å²) in [6.45, 7) is 0. The number of anilines is 3. The Morgan fingerprint density at radius 1 is 0.304 bits per heavy atom. The highest BCUT2D eigenvalue weighted by molar-refractivity contribution is 7.26. The molecule has 0 spiro atoms. The smallest absolute Gasteiger partial charge is 0.0540 e. The normalized spacial score (nSPS) is 11.6. The maximum Gasteiger partial charge on any atom is 0.0540 e. The van der Waals surface area contributed by atoms with Gasteiger partial charge in [0.05, 0.1) is 5.69 Å². The van der Waals surface area contributed by atoms with Crippen molar-refractivity contribution < 1.29 is 0 Å². The van der Waals surface area contributed by atoms with Gasteiger partial charge in [-0.15, -0.1) is 11.3 Å². The summed E-state index contributed by atoms with van der Waals surface area (Å²) in [4.78, 5) is 2.40. The zero-order chi connectivity index (χ0) is 37.0. The van der Waals surface area contributed by atoms with Crippen molar-refractivity contribution in [2.75, 3.05) is 4.90 Å². The van der Waals surface area contributed by atoms with Crippen LogP contribution in [0.3, 0.4) is 0 Å². The summed E-state index contributed by atoms with van der Waals surface area (Å²) in [5, 5.41) is 10.3. The van der Waals surface area contributed by atoms with Gasteiger partial charge < -0.3 is 4.90 Å². The van der Waals surface area contributed by atoms with E-state index in [-0.39, 0.29) is 0 Å². The van der Waals surface area contributed by atoms with E-state index < -0.39 is 0 Å². The molecule has 1 heterocycles. The number of hydrogen-bond acceptors (Lipinski definition) is 2. The van der Waals surface area contributed by atoms with Crippen LogP contribution in [0.25, 0.3) is 85.9 Å². The maximum absolute atomic E-state index is 2.40. The number of para-hydroxylation sites is 1. The second kappa shape index (κ2) is 13.4. The first-order valence-electron chi connectivity index (χ1n) is 19.2. The zero-order valence-corrected chi connectivity index (χ0v) is 31.4. The number of hydrogen-bond donors (Lipinski definition) is 0. The third-order valence-corrected chi connectivity index (χ3v) is 12.4. The molecule has 0 amide bonds. The predicted octanol–water partition coefficient (Wildman–Crippen LogP) is 16.0. The summed E-state index contributed by atoms with van der Waals surface area (Å²) in [5.41, 5.74) is 10.6. The van der Waals surface area contributed by atoms with Gasteiger partial charge in [0.1, 0.15) is 0 Å². The van der Waals surface area contributed by atoms with Gasteiger partial charge in [-0.2, -0.15) is 0 Å². The molecule has 0 bridgehead atoms. The van der Waals surface area contributed by atoms with E-state index in [9.17, 15) is 0 Å². The van der Waals surface area contributed by atoms with E-state index in [0.717, 1.165) is 17.1 Å².